The quantitative estimate of drug-likeness (QED) is 0.0712. The zero-order valence-corrected chi connectivity index (χ0v) is 22.6. The maximum atomic E-state index is 13.4. The van der Waals surface area contributed by atoms with E-state index in [0.717, 1.165) is 48.6 Å². The molecule has 0 N–H and O–H groups in total. The number of aryl methyl sites for hydroxylation is 1. The molecule has 4 rings (SSSR count). The van der Waals surface area contributed by atoms with E-state index in [9.17, 15) is 9.59 Å². The third-order valence-corrected chi connectivity index (χ3v) is 8.93. The first-order valence-corrected chi connectivity index (χ1v) is 13.9. The molecular weight excluding hydrogens is 476 g/mol. The topological polar surface area (TPSA) is 60.7 Å². The van der Waals surface area contributed by atoms with Crippen LogP contribution < -0.4 is 0 Å². The third kappa shape index (κ3) is 5.11. The van der Waals surface area contributed by atoms with Crippen molar-refractivity contribution in [3.8, 4) is 0 Å². The second kappa shape index (κ2) is 10.9. The average molecular weight is 509 g/mol. The molecule has 1 atom stereocenters. The first-order valence-electron chi connectivity index (χ1n) is 12.3. The lowest BCUT2D eigenvalue weighted by Crippen LogP contribution is -2.08. The fourth-order valence-electron chi connectivity index (χ4n) is 4.54. The van der Waals surface area contributed by atoms with Gasteiger partial charge in [-0.25, -0.2) is 4.79 Å². The summed E-state index contributed by atoms with van der Waals surface area (Å²) < 4.78 is 4.74. The number of unbranched alkanes of at least 4 members (excludes halogenated alkanes) is 2. The van der Waals surface area contributed by atoms with Crippen LogP contribution in [0.15, 0.2) is 41.6 Å². The highest BCUT2D eigenvalue weighted by Gasteiger charge is 2.24. The normalized spacial score (nSPS) is 13.0. The summed E-state index contributed by atoms with van der Waals surface area (Å²) in [5.41, 5.74) is 4.73. The Kier molecular flexibility index (Phi) is 7.87. The Morgan fingerprint density at radius 3 is 2.29 bits per heavy atom. The molecule has 1 unspecified atom stereocenters. The standard InChI is InChI=1S/C28H32N2O3S2/c1-6-8-9-13-20(7-2)30-22-15-24(18(4)29-33-19(5)31)34-27(22)28-23(30)16-25(35-28)26(32)21-14-11-10-12-17(21)3/h10-12,14-16,20H,6-9,13H2,1-5H3/b29-18+. The van der Waals surface area contributed by atoms with Gasteiger partial charge in [0.1, 0.15) is 0 Å². The van der Waals surface area contributed by atoms with Crippen LogP contribution in [0.2, 0.25) is 0 Å². The van der Waals surface area contributed by atoms with Gasteiger partial charge in [-0.3, -0.25) is 4.79 Å². The molecule has 0 radical (unpaired) electrons. The number of thiophene rings is 2. The molecule has 184 valence electrons. The van der Waals surface area contributed by atoms with Crippen molar-refractivity contribution in [1.82, 2.24) is 4.57 Å². The van der Waals surface area contributed by atoms with Crippen molar-refractivity contribution >= 4 is 60.6 Å². The van der Waals surface area contributed by atoms with Crippen LogP contribution in [0, 0.1) is 6.92 Å². The number of rotatable bonds is 10. The minimum absolute atomic E-state index is 0.0763. The Morgan fingerprint density at radius 1 is 1.00 bits per heavy atom. The second-order valence-electron chi connectivity index (χ2n) is 8.98. The van der Waals surface area contributed by atoms with Crippen LogP contribution in [-0.2, 0) is 9.63 Å². The van der Waals surface area contributed by atoms with E-state index in [4.69, 9.17) is 4.84 Å². The van der Waals surface area contributed by atoms with Crippen LogP contribution in [0.5, 0.6) is 0 Å². The van der Waals surface area contributed by atoms with Crippen molar-refractivity contribution in [2.45, 2.75) is 72.8 Å². The Bertz CT molecular complexity index is 1410. The van der Waals surface area contributed by atoms with Gasteiger partial charge in [0.2, 0.25) is 5.78 Å². The fraction of sp³-hybridized carbons (Fsp3) is 0.393. The number of ketones is 1. The SMILES string of the molecule is CCCCCC(CC)n1c2cc(C(=O)c3ccccc3C)sc2c2sc(/C(C)=N/OC(C)=O)cc21. The molecular formula is C28H32N2O3S2. The zero-order chi connectivity index (χ0) is 25.1. The molecule has 0 amide bonds. The Hall–Kier alpha value is -2.77. The Labute approximate surface area is 214 Å². The van der Waals surface area contributed by atoms with Gasteiger partial charge in [0.15, 0.2) is 0 Å². The largest absolute Gasteiger partial charge is 0.336 e. The van der Waals surface area contributed by atoms with Crippen molar-refractivity contribution in [2.24, 2.45) is 5.16 Å². The molecule has 5 nitrogen and oxygen atoms in total. The van der Waals surface area contributed by atoms with Crippen LogP contribution >= 0.6 is 22.7 Å². The average Bonchev–Trinajstić information content (AvgIpc) is 3.52. The van der Waals surface area contributed by atoms with E-state index in [1.165, 1.54) is 31.7 Å². The highest BCUT2D eigenvalue weighted by Crippen LogP contribution is 2.44. The monoisotopic (exact) mass is 508 g/mol. The van der Waals surface area contributed by atoms with E-state index in [2.05, 4.69) is 35.7 Å². The molecule has 0 spiro atoms. The smallest absolute Gasteiger partial charge is 0.331 e. The molecule has 4 aromatic rings. The predicted molar refractivity (Wildman–Crippen MR) is 147 cm³/mol. The molecule has 0 fully saturated rings. The molecule has 0 saturated carbocycles. The number of hydrogen-bond acceptors (Lipinski definition) is 6. The van der Waals surface area contributed by atoms with E-state index in [1.807, 2.05) is 38.1 Å². The summed E-state index contributed by atoms with van der Waals surface area (Å²) in [5, 5.41) is 4.00. The van der Waals surface area contributed by atoms with Crippen LogP contribution in [0.4, 0.5) is 0 Å². The molecule has 3 aromatic heterocycles. The molecule has 7 heteroatoms. The molecule has 3 heterocycles. The van der Waals surface area contributed by atoms with Gasteiger partial charge in [-0.15, -0.1) is 22.7 Å². The van der Waals surface area contributed by atoms with Crippen molar-refractivity contribution < 1.29 is 14.4 Å². The van der Waals surface area contributed by atoms with Gasteiger partial charge in [0, 0.05) is 18.5 Å². The third-order valence-electron chi connectivity index (χ3n) is 6.41. The van der Waals surface area contributed by atoms with Crippen molar-refractivity contribution in [1.29, 1.82) is 0 Å². The summed E-state index contributed by atoms with van der Waals surface area (Å²) in [6.45, 7) is 9.65. The van der Waals surface area contributed by atoms with E-state index in [0.29, 0.717) is 11.8 Å². The number of hydrogen-bond donors (Lipinski definition) is 0. The predicted octanol–water partition coefficient (Wildman–Crippen LogP) is 8.28. The van der Waals surface area contributed by atoms with Crippen LogP contribution in [0.3, 0.4) is 0 Å². The summed E-state index contributed by atoms with van der Waals surface area (Å²) in [6.07, 6.45) is 5.71. The minimum Gasteiger partial charge on any atom is -0.336 e. The van der Waals surface area contributed by atoms with E-state index >= 15 is 0 Å². The molecule has 1 aromatic carbocycles. The van der Waals surface area contributed by atoms with Gasteiger partial charge in [0.05, 0.1) is 35.9 Å². The Morgan fingerprint density at radius 2 is 1.66 bits per heavy atom. The van der Waals surface area contributed by atoms with Crippen LogP contribution in [0.25, 0.3) is 20.4 Å². The second-order valence-corrected chi connectivity index (χ2v) is 11.1. The number of oxime groups is 1. The molecule has 0 aliphatic carbocycles. The van der Waals surface area contributed by atoms with Crippen LogP contribution in [-0.4, -0.2) is 22.0 Å². The van der Waals surface area contributed by atoms with Gasteiger partial charge < -0.3 is 9.40 Å². The van der Waals surface area contributed by atoms with Crippen LogP contribution in [0.1, 0.15) is 91.5 Å². The van der Waals surface area contributed by atoms with Gasteiger partial charge in [0.25, 0.3) is 0 Å². The summed E-state index contributed by atoms with van der Waals surface area (Å²) in [7, 11) is 0. The van der Waals surface area contributed by atoms with Crippen molar-refractivity contribution in [3.05, 3.63) is 57.3 Å². The number of nitrogens with zero attached hydrogens (tertiary/aromatic N) is 2. The Balaban J connectivity index is 1.86. The van der Waals surface area contributed by atoms with Gasteiger partial charge >= 0.3 is 5.97 Å². The number of fused-ring (bicyclic) bond motifs is 3. The first-order chi connectivity index (χ1) is 16.8. The number of aromatic nitrogens is 1. The minimum atomic E-state index is -0.433. The lowest BCUT2D eigenvalue weighted by atomic mass is 10.0. The highest BCUT2D eigenvalue weighted by molar-refractivity contribution is 7.29. The molecule has 0 aliphatic heterocycles. The summed E-state index contributed by atoms with van der Waals surface area (Å²) in [6, 6.07) is 12.4. The highest BCUT2D eigenvalue weighted by atomic mass is 32.1. The summed E-state index contributed by atoms with van der Waals surface area (Å²) in [5.74, 6) is -0.357. The fourth-order valence-corrected chi connectivity index (χ4v) is 6.88. The lowest BCUT2D eigenvalue weighted by Gasteiger charge is -2.19. The van der Waals surface area contributed by atoms with Crippen molar-refractivity contribution in [2.75, 3.05) is 0 Å². The molecule has 0 saturated heterocycles. The summed E-state index contributed by atoms with van der Waals surface area (Å²) in [4.78, 5) is 31.3. The van der Waals surface area contributed by atoms with E-state index < -0.39 is 5.97 Å². The first kappa shape index (κ1) is 25.3. The maximum absolute atomic E-state index is 13.4. The van der Waals surface area contributed by atoms with Gasteiger partial charge in [-0.05, 0) is 44.4 Å². The van der Waals surface area contributed by atoms with Gasteiger partial charge in [-0.2, -0.15) is 0 Å². The number of carbonyl (C=O) groups is 2. The number of benzene rings is 1. The lowest BCUT2D eigenvalue weighted by molar-refractivity contribution is -0.140. The van der Waals surface area contributed by atoms with Gasteiger partial charge in [-0.1, -0.05) is 62.5 Å². The summed E-state index contributed by atoms with van der Waals surface area (Å²) >= 11 is 3.22. The molecule has 0 aliphatic rings. The van der Waals surface area contributed by atoms with Crippen molar-refractivity contribution in [3.63, 3.8) is 0 Å². The van der Waals surface area contributed by atoms with E-state index in [-0.39, 0.29) is 5.78 Å². The number of carbonyl (C=O) groups excluding carboxylic acids is 2. The molecule has 0 bridgehead atoms. The molecule has 35 heavy (non-hydrogen) atoms. The zero-order valence-electron chi connectivity index (χ0n) is 21.0. The van der Waals surface area contributed by atoms with E-state index in [1.54, 1.807) is 22.7 Å². The maximum Gasteiger partial charge on any atom is 0.331 e.